The quantitative estimate of drug-likeness (QED) is 0.600. The molecule has 150 valence electrons. The van der Waals surface area contributed by atoms with Gasteiger partial charge in [0.2, 0.25) is 0 Å². The second-order valence-electron chi connectivity index (χ2n) is 5.70. The van der Waals surface area contributed by atoms with Crippen molar-refractivity contribution in [2.24, 2.45) is 5.73 Å². The van der Waals surface area contributed by atoms with Crippen molar-refractivity contribution in [3.05, 3.63) is 29.0 Å². The first-order valence-electron chi connectivity index (χ1n) is 7.78. The SMILES string of the molecule is NC1CCN(N(OC(=O)C(F)(F)F)C(=O)COc2ccc(Cl)c(F)c2)CC1. The molecular formula is C15H16ClF4N3O4. The Balaban J connectivity index is 2.07. The van der Waals surface area contributed by atoms with E-state index in [2.05, 4.69) is 4.84 Å². The maximum atomic E-state index is 13.4. The van der Waals surface area contributed by atoms with Crippen molar-refractivity contribution in [2.45, 2.75) is 25.1 Å². The molecule has 1 saturated heterocycles. The topological polar surface area (TPSA) is 85.1 Å². The molecule has 1 heterocycles. The molecule has 27 heavy (non-hydrogen) atoms. The number of alkyl halides is 3. The van der Waals surface area contributed by atoms with Crippen LogP contribution in [0, 0.1) is 5.82 Å². The van der Waals surface area contributed by atoms with Crippen LogP contribution in [0.15, 0.2) is 18.2 Å². The molecule has 2 rings (SSSR count). The number of ether oxygens (including phenoxy) is 1. The summed E-state index contributed by atoms with van der Waals surface area (Å²) in [7, 11) is 0. The summed E-state index contributed by atoms with van der Waals surface area (Å²) in [5.41, 5.74) is 5.72. The van der Waals surface area contributed by atoms with E-state index in [0.717, 1.165) is 11.1 Å². The number of halogens is 5. The van der Waals surface area contributed by atoms with E-state index in [1.54, 1.807) is 0 Å². The van der Waals surface area contributed by atoms with Crippen molar-refractivity contribution in [1.29, 1.82) is 0 Å². The van der Waals surface area contributed by atoms with Crippen molar-refractivity contribution in [1.82, 2.24) is 10.2 Å². The summed E-state index contributed by atoms with van der Waals surface area (Å²) >= 11 is 5.52. The molecule has 1 aromatic carbocycles. The summed E-state index contributed by atoms with van der Waals surface area (Å²) in [5.74, 6) is -4.51. The van der Waals surface area contributed by atoms with E-state index in [0.29, 0.717) is 12.8 Å². The molecule has 1 fully saturated rings. The third kappa shape index (κ3) is 5.94. The van der Waals surface area contributed by atoms with Gasteiger partial charge >= 0.3 is 18.1 Å². The zero-order valence-electron chi connectivity index (χ0n) is 13.8. The van der Waals surface area contributed by atoms with Gasteiger partial charge in [0.25, 0.3) is 0 Å². The van der Waals surface area contributed by atoms with Crippen molar-refractivity contribution >= 4 is 23.5 Å². The van der Waals surface area contributed by atoms with E-state index in [4.69, 9.17) is 22.1 Å². The van der Waals surface area contributed by atoms with Crippen molar-refractivity contribution in [2.75, 3.05) is 19.7 Å². The summed E-state index contributed by atoms with van der Waals surface area (Å²) < 4.78 is 55.9. The van der Waals surface area contributed by atoms with Crippen molar-refractivity contribution in [3.63, 3.8) is 0 Å². The van der Waals surface area contributed by atoms with E-state index < -0.39 is 30.5 Å². The Kier molecular flexibility index (Phi) is 6.84. The van der Waals surface area contributed by atoms with E-state index in [1.807, 2.05) is 0 Å². The number of nitrogens with two attached hydrogens (primary N) is 1. The largest absolute Gasteiger partial charge is 0.493 e. The van der Waals surface area contributed by atoms with Crippen LogP contribution in [0.4, 0.5) is 17.6 Å². The van der Waals surface area contributed by atoms with Gasteiger partial charge in [-0.15, -0.1) is 0 Å². The fourth-order valence-corrected chi connectivity index (χ4v) is 2.35. The van der Waals surface area contributed by atoms with E-state index in [9.17, 15) is 27.2 Å². The number of carbonyl (C=O) groups excluding carboxylic acids is 2. The number of benzene rings is 1. The van der Waals surface area contributed by atoms with Crippen molar-refractivity contribution in [3.8, 4) is 5.75 Å². The fourth-order valence-electron chi connectivity index (χ4n) is 2.23. The predicted molar refractivity (Wildman–Crippen MR) is 84.7 cm³/mol. The molecule has 0 radical (unpaired) electrons. The van der Waals surface area contributed by atoms with Gasteiger partial charge in [0, 0.05) is 25.2 Å². The van der Waals surface area contributed by atoms with Gasteiger partial charge in [-0.25, -0.2) is 9.18 Å². The second kappa shape index (κ2) is 8.72. The highest BCUT2D eigenvalue weighted by atomic mass is 35.5. The summed E-state index contributed by atoms with van der Waals surface area (Å²) in [5, 5.41) is 1.17. The van der Waals surface area contributed by atoms with Crippen LogP contribution in [0.5, 0.6) is 5.75 Å². The van der Waals surface area contributed by atoms with Crippen LogP contribution in [0.3, 0.4) is 0 Å². The lowest BCUT2D eigenvalue weighted by Crippen LogP contribution is -2.54. The lowest BCUT2D eigenvalue weighted by atomic mass is 10.1. The first-order valence-corrected chi connectivity index (χ1v) is 8.16. The molecule has 0 saturated carbocycles. The normalized spacial score (nSPS) is 16.1. The molecule has 12 heteroatoms. The minimum atomic E-state index is -5.29. The molecule has 1 aliphatic rings. The third-order valence-electron chi connectivity index (χ3n) is 3.64. The van der Waals surface area contributed by atoms with Gasteiger partial charge < -0.3 is 15.3 Å². The maximum Gasteiger partial charge on any atom is 0.493 e. The van der Waals surface area contributed by atoms with E-state index in [1.165, 1.54) is 12.1 Å². The third-order valence-corrected chi connectivity index (χ3v) is 3.95. The molecule has 0 spiro atoms. The minimum Gasteiger partial charge on any atom is -0.483 e. The maximum absolute atomic E-state index is 13.4. The van der Waals surface area contributed by atoms with Crippen LogP contribution in [0.1, 0.15) is 12.8 Å². The Labute approximate surface area is 156 Å². The highest BCUT2D eigenvalue weighted by Crippen LogP contribution is 2.22. The Morgan fingerprint density at radius 2 is 1.93 bits per heavy atom. The van der Waals surface area contributed by atoms with Crippen LogP contribution in [-0.4, -0.2) is 54.0 Å². The number of hydrogen-bond acceptors (Lipinski definition) is 6. The van der Waals surface area contributed by atoms with Crippen molar-refractivity contribution < 1.29 is 36.7 Å². The summed E-state index contributed by atoms with van der Waals surface area (Å²) in [6, 6.07) is 3.18. The first kappa shape index (κ1) is 21.2. The summed E-state index contributed by atoms with van der Waals surface area (Å²) in [6.07, 6.45) is -4.52. The highest BCUT2D eigenvalue weighted by Gasteiger charge is 2.44. The number of nitrogens with zero attached hydrogens (tertiary/aromatic N) is 2. The molecule has 7 nitrogen and oxygen atoms in total. The van der Waals surface area contributed by atoms with Gasteiger partial charge in [-0.05, 0) is 25.0 Å². The van der Waals surface area contributed by atoms with Crippen LogP contribution >= 0.6 is 11.6 Å². The molecule has 1 aromatic rings. The average molecular weight is 414 g/mol. The lowest BCUT2D eigenvalue weighted by molar-refractivity contribution is -0.284. The zero-order valence-corrected chi connectivity index (χ0v) is 14.6. The second-order valence-corrected chi connectivity index (χ2v) is 6.11. The fraction of sp³-hybridized carbons (Fsp3) is 0.467. The molecule has 1 aliphatic heterocycles. The Bertz CT molecular complexity index is 696. The molecule has 0 aromatic heterocycles. The number of hydrazine groups is 1. The van der Waals surface area contributed by atoms with Gasteiger partial charge in [0.05, 0.1) is 5.02 Å². The van der Waals surface area contributed by atoms with Gasteiger partial charge in [-0.2, -0.15) is 18.2 Å². The highest BCUT2D eigenvalue weighted by molar-refractivity contribution is 6.30. The number of rotatable bonds is 4. The number of carbonyl (C=O) groups is 2. The zero-order chi connectivity index (χ0) is 20.2. The smallest absolute Gasteiger partial charge is 0.483 e. The molecule has 0 atom stereocenters. The van der Waals surface area contributed by atoms with E-state index >= 15 is 0 Å². The number of hydrogen-bond donors (Lipinski definition) is 1. The molecule has 0 unspecified atom stereocenters. The van der Waals surface area contributed by atoms with Crippen LogP contribution in [0.25, 0.3) is 0 Å². The number of hydroxylamine groups is 1. The van der Waals surface area contributed by atoms with Gasteiger partial charge in [0.15, 0.2) is 6.61 Å². The number of amides is 1. The molecule has 0 aliphatic carbocycles. The van der Waals surface area contributed by atoms with E-state index in [-0.39, 0.29) is 35.1 Å². The Morgan fingerprint density at radius 3 is 2.48 bits per heavy atom. The predicted octanol–water partition coefficient (Wildman–Crippen LogP) is 2.05. The lowest BCUT2D eigenvalue weighted by Gasteiger charge is -2.36. The average Bonchev–Trinajstić information content (AvgIpc) is 2.60. The van der Waals surface area contributed by atoms with Crippen LogP contribution in [0.2, 0.25) is 5.02 Å². The number of piperidine rings is 1. The monoisotopic (exact) mass is 413 g/mol. The summed E-state index contributed by atoms with van der Waals surface area (Å²) in [6.45, 7) is -0.587. The van der Waals surface area contributed by atoms with Gasteiger partial charge in [0.1, 0.15) is 11.6 Å². The molecule has 1 amide bonds. The van der Waals surface area contributed by atoms with Crippen LogP contribution < -0.4 is 10.5 Å². The summed E-state index contributed by atoms with van der Waals surface area (Å²) in [4.78, 5) is 27.6. The minimum absolute atomic E-state index is 0.0759. The molecule has 0 bridgehead atoms. The first-order chi connectivity index (χ1) is 12.6. The Morgan fingerprint density at radius 1 is 1.30 bits per heavy atom. The molecular weight excluding hydrogens is 398 g/mol. The molecule has 2 N–H and O–H groups in total. The van der Waals surface area contributed by atoms with Gasteiger partial charge in [-0.1, -0.05) is 16.8 Å². The Hall–Kier alpha value is -2.11. The van der Waals surface area contributed by atoms with Crippen LogP contribution in [-0.2, 0) is 14.4 Å². The van der Waals surface area contributed by atoms with Gasteiger partial charge in [-0.3, -0.25) is 4.79 Å². The standard InChI is InChI=1S/C15H16ClF4N3O4/c16-11-2-1-10(7-12(11)17)26-8-13(24)23(27-14(25)15(18,19)20)22-5-3-9(21)4-6-22/h1-2,7,9H,3-6,8,21H2.